The highest BCUT2D eigenvalue weighted by atomic mass is 19.1. The van der Waals surface area contributed by atoms with Crippen molar-refractivity contribution < 1.29 is 14.0 Å². The van der Waals surface area contributed by atoms with Crippen molar-refractivity contribution in [2.45, 2.75) is 31.8 Å². The summed E-state index contributed by atoms with van der Waals surface area (Å²) < 4.78 is 13.4. The molecule has 8 heteroatoms. The minimum Gasteiger partial charge on any atom is -0.384 e. The first-order valence-electron chi connectivity index (χ1n) is 9.71. The Hall–Kier alpha value is -3.68. The average molecular weight is 407 g/mol. The summed E-state index contributed by atoms with van der Waals surface area (Å²) in [6.45, 7) is 1.63. The van der Waals surface area contributed by atoms with E-state index < -0.39 is 11.9 Å². The van der Waals surface area contributed by atoms with Crippen molar-refractivity contribution in [1.82, 2.24) is 20.6 Å². The topological polar surface area (TPSA) is 113 Å². The summed E-state index contributed by atoms with van der Waals surface area (Å²) in [5, 5.41) is 5.65. The second kappa shape index (κ2) is 7.98. The SMILES string of the molecule is CC(NC(=O)c1cc(-c2cccc(F)c2)c[nH]1)C(=O)N[C@@H]1CCc2nc(N)ccc21. The van der Waals surface area contributed by atoms with E-state index in [0.29, 0.717) is 22.6 Å². The van der Waals surface area contributed by atoms with Crippen molar-refractivity contribution in [1.29, 1.82) is 0 Å². The lowest BCUT2D eigenvalue weighted by Crippen LogP contribution is -2.45. The lowest BCUT2D eigenvalue weighted by Gasteiger charge is -2.18. The molecular formula is C22H22FN5O2. The Labute approximate surface area is 172 Å². The third-order valence-corrected chi connectivity index (χ3v) is 5.22. The standard InChI is InChI=1S/C22H22FN5O2/c1-12(21(29)28-18-7-6-17-16(18)5-8-20(24)27-17)26-22(30)19-10-14(11-25-19)13-3-2-4-15(23)9-13/h2-5,8-12,18,25H,6-7H2,1H3,(H2,24,27)(H,26,30)(H,28,29)/t12?,18-/m1/s1. The van der Waals surface area contributed by atoms with Crippen LogP contribution in [0.2, 0.25) is 0 Å². The molecule has 0 radical (unpaired) electrons. The number of pyridine rings is 1. The maximum Gasteiger partial charge on any atom is 0.268 e. The molecule has 0 saturated carbocycles. The maximum absolute atomic E-state index is 13.4. The Bertz CT molecular complexity index is 1110. The van der Waals surface area contributed by atoms with Gasteiger partial charge in [-0.25, -0.2) is 9.37 Å². The van der Waals surface area contributed by atoms with E-state index in [1.54, 1.807) is 37.4 Å². The minimum absolute atomic E-state index is 0.148. The van der Waals surface area contributed by atoms with Crippen molar-refractivity contribution in [3.8, 4) is 11.1 Å². The number of aryl methyl sites for hydroxylation is 1. The highest BCUT2D eigenvalue weighted by Crippen LogP contribution is 2.30. The largest absolute Gasteiger partial charge is 0.384 e. The van der Waals surface area contributed by atoms with Gasteiger partial charge in [-0.15, -0.1) is 0 Å². The van der Waals surface area contributed by atoms with Crippen molar-refractivity contribution >= 4 is 17.6 Å². The van der Waals surface area contributed by atoms with E-state index in [9.17, 15) is 14.0 Å². The van der Waals surface area contributed by atoms with Crippen LogP contribution >= 0.6 is 0 Å². The maximum atomic E-state index is 13.4. The monoisotopic (exact) mass is 407 g/mol. The number of rotatable bonds is 5. The Balaban J connectivity index is 1.38. The van der Waals surface area contributed by atoms with Gasteiger partial charge in [-0.1, -0.05) is 18.2 Å². The number of amides is 2. The lowest BCUT2D eigenvalue weighted by molar-refractivity contribution is -0.123. The van der Waals surface area contributed by atoms with E-state index in [-0.39, 0.29) is 17.8 Å². The van der Waals surface area contributed by atoms with Crippen molar-refractivity contribution in [3.63, 3.8) is 0 Å². The number of H-pyrrole nitrogens is 1. The van der Waals surface area contributed by atoms with Crippen LogP contribution in [0.25, 0.3) is 11.1 Å². The number of carbonyl (C=O) groups excluding carboxylic acids is 2. The van der Waals surface area contributed by atoms with Gasteiger partial charge in [-0.2, -0.15) is 0 Å². The van der Waals surface area contributed by atoms with E-state index in [4.69, 9.17) is 5.73 Å². The zero-order valence-electron chi connectivity index (χ0n) is 16.4. The van der Waals surface area contributed by atoms with Crippen LogP contribution in [0.1, 0.15) is 41.1 Å². The van der Waals surface area contributed by atoms with Gasteiger partial charge in [0.15, 0.2) is 0 Å². The number of carbonyl (C=O) groups is 2. The number of nitrogen functional groups attached to an aromatic ring is 1. The zero-order chi connectivity index (χ0) is 21.3. The quantitative estimate of drug-likeness (QED) is 0.521. The summed E-state index contributed by atoms with van der Waals surface area (Å²) in [5.41, 5.74) is 9.20. The van der Waals surface area contributed by atoms with Crippen molar-refractivity contribution in [3.05, 3.63) is 71.4 Å². The fourth-order valence-corrected chi connectivity index (χ4v) is 3.63. The molecule has 7 nitrogen and oxygen atoms in total. The number of nitrogens with two attached hydrogens (primary N) is 1. The molecule has 3 aromatic rings. The molecule has 1 aliphatic rings. The molecule has 0 aliphatic heterocycles. The molecule has 1 aromatic carbocycles. The van der Waals surface area contributed by atoms with Crippen LogP contribution < -0.4 is 16.4 Å². The first-order valence-corrected chi connectivity index (χ1v) is 9.71. The molecule has 5 N–H and O–H groups in total. The van der Waals surface area contributed by atoms with E-state index in [1.165, 1.54) is 12.1 Å². The smallest absolute Gasteiger partial charge is 0.268 e. The Morgan fingerprint density at radius 1 is 1.23 bits per heavy atom. The third-order valence-electron chi connectivity index (χ3n) is 5.22. The number of nitrogens with one attached hydrogen (secondary N) is 3. The van der Waals surface area contributed by atoms with E-state index in [2.05, 4.69) is 20.6 Å². The Kier molecular flexibility index (Phi) is 5.22. The third kappa shape index (κ3) is 4.03. The number of aromatic nitrogens is 2. The summed E-state index contributed by atoms with van der Waals surface area (Å²) in [6.07, 6.45) is 3.12. The second-order valence-corrected chi connectivity index (χ2v) is 7.38. The number of hydrogen-bond donors (Lipinski definition) is 4. The molecule has 2 amide bonds. The predicted octanol–water partition coefficient (Wildman–Crippen LogP) is 2.72. The number of hydrogen-bond acceptors (Lipinski definition) is 4. The minimum atomic E-state index is -0.732. The number of anilines is 1. The summed E-state index contributed by atoms with van der Waals surface area (Å²) in [4.78, 5) is 32.3. The van der Waals surface area contributed by atoms with Gasteiger partial charge in [0.2, 0.25) is 5.91 Å². The second-order valence-electron chi connectivity index (χ2n) is 7.38. The van der Waals surface area contributed by atoms with Gasteiger partial charge in [-0.05, 0) is 55.2 Å². The number of nitrogens with zero attached hydrogens (tertiary/aromatic N) is 1. The summed E-state index contributed by atoms with van der Waals surface area (Å²) in [7, 11) is 0. The van der Waals surface area contributed by atoms with Crippen LogP contribution in [-0.2, 0) is 11.2 Å². The fraction of sp³-hybridized carbons (Fsp3) is 0.227. The van der Waals surface area contributed by atoms with Gasteiger partial charge in [-0.3, -0.25) is 9.59 Å². The predicted molar refractivity (Wildman–Crippen MR) is 111 cm³/mol. The average Bonchev–Trinajstić information content (AvgIpc) is 3.35. The van der Waals surface area contributed by atoms with Gasteiger partial charge in [0.1, 0.15) is 23.4 Å². The van der Waals surface area contributed by atoms with Gasteiger partial charge < -0.3 is 21.4 Å². The molecule has 2 atom stereocenters. The molecule has 0 saturated heterocycles. The van der Waals surface area contributed by atoms with E-state index in [0.717, 1.165) is 24.1 Å². The van der Waals surface area contributed by atoms with Crippen molar-refractivity contribution in [2.24, 2.45) is 0 Å². The van der Waals surface area contributed by atoms with Crippen molar-refractivity contribution in [2.75, 3.05) is 5.73 Å². The van der Waals surface area contributed by atoms with E-state index >= 15 is 0 Å². The molecule has 154 valence electrons. The molecule has 2 heterocycles. The number of fused-ring (bicyclic) bond motifs is 1. The molecule has 4 rings (SSSR count). The lowest BCUT2D eigenvalue weighted by atomic mass is 10.1. The van der Waals surface area contributed by atoms with Gasteiger partial charge in [0.05, 0.1) is 6.04 Å². The fourth-order valence-electron chi connectivity index (χ4n) is 3.63. The van der Waals surface area contributed by atoms with E-state index in [1.807, 2.05) is 6.07 Å². The van der Waals surface area contributed by atoms with Crippen LogP contribution in [0.15, 0.2) is 48.7 Å². The molecule has 0 bridgehead atoms. The summed E-state index contributed by atoms with van der Waals surface area (Å²) in [6, 6.07) is 10.5. The highest BCUT2D eigenvalue weighted by Gasteiger charge is 2.27. The molecule has 0 spiro atoms. The Morgan fingerprint density at radius 2 is 2.07 bits per heavy atom. The van der Waals surface area contributed by atoms with Crippen LogP contribution in [0, 0.1) is 5.82 Å². The first-order chi connectivity index (χ1) is 14.4. The number of aromatic amines is 1. The number of benzene rings is 1. The van der Waals surface area contributed by atoms with Crippen LogP contribution in [0.4, 0.5) is 10.2 Å². The molecule has 0 fully saturated rings. The first kappa shape index (κ1) is 19.6. The zero-order valence-corrected chi connectivity index (χ0v) is 16.4. The van der Waals surface area contributed by atoms with Crippen LogP contribution in [0.5, 0.6) is 0 Å². The van der Waals surface area contributed by atoms with Gasteiger partial charge >= 0.3 is 0 Å². The van der Waals surface area contributed by atoms with Gasteiger partial charge in [0, 0.05) is 17.5 Å². The molecule has 1 aliphatic carbocycles. The normalized spacial score (nSPS) is 16.0. The molecule has 1 unspecified atom stereocenters. The van der Waals surface area contributed by atoms with Crippen LogP contribution in [0.3, 0.4) is 0 Å². The highest BCUT2D eigenvalue weighted by molar-refractivity contribution is 5.97. The Morgan fingerprint density at radius 3 is 2.87 bits per heavy atom. The van der Waals surface area contributed by atoms with Crippen LogP contribution in [-0.4, -0.2) is 27.8 Å². The molecule has 2 aromatic heterocycles. The summed E-state index contributed by atoms with van der Waals surface area (Å²) in [5.74, 6) is -0.585. The number of halogens is 1. The molecule has 30 heavy (non-hydrogen) atoms. The summed E-state index contributed by atoms with van der Waals surface area (Å²) >= 11 is 0. The molecular weight excluding hydrogens is 385 g/mol. The van der Waals surface area contributed by atoms with Gasteiger partial charge in [0.25, 0.3) is 5.91 Å².